The lowest BCUT2D eigenvalue weighted by Gasteiger charge is -2.02. The molecule has 0 aliphatic rings. The largest absolute Gasteiger partial charge is 0.466 e. The predicted octanol–water partition coefficient (Wildman–Crippen LogP) is 2.40. The highest BCUT2D eigenvalue weighted by atomic mass is 32.1. The van der Waals surface area contributed by atoms with Gasteiger partial charge in [-0.3, -0.25) is 9.78 Å². The van der Waals surface area contributed by atoms with Crippen LogP contribution < -0.4 is 0 Å². The van der Waals surface area contributed by atoms with Gasteiger partial charge in [-0.1, -0.05) is 0 Å². The van der Waals surface area contributed by atoms with Crippen molar-refractivity contribution in [1.29, 1.82) is 0 Å². The van der Waals surface area contributed by atoms with Gasteiger partial charge in [0.2, 0.25) is 0 Å². The van der Waals surface area contributed by atoms with Gasteiger partial charge in [-0.25, -0.2) is 0 Å². The molecule has 0 amide bonds. The number of carbonyl (C=O) groups is 1. The molecule has 2 aromatic rings. The lowest BCUT2D eigenvalue weighted by molar-refractivity contribution is -0.142. The summed E-state index contributed by atoms with van der Waals surface area (Å²) in [4.78, 5) is 15.6. The Kier molecular flexibility index (Phi) is 2.97. The summed E-state index contributed by atoms with van der Waals surface area (Å²) in [6.45, 7) is 2.24. The molecule has 0 unspecified atom stereocenters. The molecule has 0 aliphatic heterocycles. The molecule has 0 aromatic carbocycles. The minimum atomic E-state index is -0.182. The van der Waals surface area contributed by atoms with Crippen LogP contribution in [0, 0.1) is 0 Å². The monoisotopic (exact) mass is 221 g/mol. The molecule has 0 fully saturated rings. The Morgan fingerprint density at radius 2 is 2.40 bits per heavy atom. The number of hydrogen-bond acceptors (Lipinski definition) is 4. The number of fused-ring (bicyclic) bond motifs is 1. The van der Waals surface area contributed by atoms with E-state index in [0.29, 0.717) is 13.0 Å². The first kappa shape index (κ1) is 10.1. The van der Waals surface area contributed by atoms with Gasteiger partial charge in [0, 0.05) is 6.20 Å². The van der Waals surface area contributed by atoms with Crippen LogP contribution in [0.15, 0.2) is 23.7 Å². The van der Waals surface area contributed by atoms with Gasteiger partial charge in [0.15, 0.2) is 0 Å². The second kappa shape index (κ2) is 4.40. The Morgan fingerprint density at radius 3 is 3.20 bits per heavy atom. The van der Waals surface area contributed by atoms with Crippen molar-refractivity contribution in [1.82, 2.24) is 4.98 Å². The van der Waals surface area contributed by atoms with Crippen LogP contribution in [0.1, 0.15) is 12.5 Å². The molecule has 2 rings (SSSR count). The minimum absolute atomic E-state index is 0.182. The van der Waals surface area contributed by atoms with Gasteiger partial charge in [-0.15, -0.1) is 11.3 Å². The normalized spacial score (nSPS) is 10.5. The van der Waals surface area contributed by atoms with Crippen molar-refractivity contribution < 1.29 is 9.53 Å². The smallest absolute Gasteiger partial charge is 0.310 e. The zero-order valence-electron chi connectivity index (χ0n) is 8.40. The molecule has 15 heavy (non-hydrogen) atoms. The molecule has 2 heterocycles. The Labute approximate surface area is 91.7 Å². The molecule has 3 nitrogen and oxygen atoms in total. The summed E-state index contributed by atoms with van der Waals surface area (Å²) in [5.74, 6) is -0.182. The van der Waals surface area contributed by atoms with Crippen molar-refractivity contribution in [2.45, 2.75) is 13.3 Å². The summed E-state index contributed by atoms with van der Waals surface area (Å²) in [5.41, 5.74) is 1.94. The van der Waals surface area contributed by atoms with Crippen LogP contribution in [0.3, 0.4) is 0 Å². The van der Waals surface area contributed by atoms with Gasteiger partial charge >= 0.3 is 5.97 Å². The molecular weight excluding hydrogens is 210 g/mol. The Hall–Kier alpha value is -1.42. The Balaban J connectivity index is 2.27. The summed E-state index contributed by atoms with van der Waals surface area (Å²) in [6, 6.07) is 3.82. The van der Waals surface area contributed by atoms with Crippen molar-refractivity contribution >= 4 is 27.5 Å². The highest BCUT2D eigenvalue weighted by Gasteiger charge is 2.08. The Bertz CT molecular complexity index is 478. The van der Waals surface area contributed by atoms with Crippen molar-refractivity contribution in [2.24, 2.45) is 0 Å². The summed E-state index contributed by atoms with van der Waals surface area (Å²) < 4.78 is 5.99. The fraction of sp³-hybridized carbons (Fsp3) is 0.273. The number of pyridine rings is 1. The van der Waals surface area contributed by atoms with Gasteiger partial charge in [0.25, 0.3) is 0 Å². The van der Waals surface area contributed by atoms with E-state index in [2.05, 4.69) is 4.98 Å². The quantitative estimate of drug-likeness (QED) is 0.747. The number of aromatic nitrogens is 1. The molecule has 0 spiro atoms. The lowest BCUT2D eigenvalue weighted by atomic mass is 10.2. The van der Waals surface area contributed by atoms with E-state index in [0.717, 1.165) is 15.8 Å². The molecule has 0 saturated heterocycles. The Morgan fingerprint density at radius 1 is 1.53 bits per heavy atom. The number of thiophene rings is 1. The van der Waals surface area contributed by atoms with Crippen LogP contribution in [-0.2, 0) is 16.0 Å². The molecule has 0 radical (unpaired) electrons. The van der Waals surface area contributed by atoms with E-state index in [1.807, 2.05) is 24.4 Å². The van der Waals surface area contributed by atoms with E-state index in [1.165, 1.54) is 0 Å². The van der Waals surface area contributed by atoms with Gasteiger partial charge in [-0.05, 0) is 30.0 Å². The third kappa shape index (κ3) is 2.15. The second-order valence-electron chi connectivity index (χ2n) is 3.09. The molecule has 0 saturated carbocycles. The van der Waals surface area contributed by atoms with Crippen molar-refractivity contribution in [3.63, 3.8) is 0 Å². The molecule has 0 atom stereocenters. The third-order valence-corrected chi connectivity index (χ3v) is 3.04. The summed E-state index contributed by atoms with van der Waals surface area (Å²) in [7, 11) is 0. The number of hydrogen-bond donors (Lipinski definition) is 0. The van der Waals surface area contributed by atoms with Crippen LogP contribution in [0.5, 0.6) is 0 Å². The predicted molar refractivity (Wildman–Crippen MR) is 60.0 cm³/mol. The summed E-state index contributed by atoms with van der Waals surface area (Å²) >= 11 is 1.60. The van der Waals surface area contributed by atoms with E-state index >= 15 is 0 Å². The summed E-state index contributed by atoms with van der Waals surface area (Å²) in [5, 5.41) is 1.98. The number of carbonyl (C=O) groups excluding carboxylic acids is 1. The van der Waals surface area contributed by atoms with Crippen LogP contribution in [0.25, 0.3) is 10.2 Å². The first-order valence-corrected chi connectivity index (χ1v) is 5.66. The van der Waals surface area contributed by atoms with Gasteiger partial charge in [0.1, 0.15) is 0 Å². The summed E-state index contributed by atoms with van der Waals surface area (Å²) in [6.07, 6.45) is 2.05. The van der Waals surface area contributed by atoms with E-state index in [9.17, 15) is 4.79 Å². The molecule has 0 N–H and O–H groups in total. The van der Waals surface area contributed by atoms with Gasteiger partial charge < -0.3 is 4.74 Å². The highest BCUT2D eigenvalue weighted by molar-refractivity contribution is 7.17. The zero-order valence-corrected chi connectivity index (χ0v) is 9.21. The van der Waals surface area contributed by atoms with Crippen LogP contribution >= 0.6 is 11.3 Å². The SMILES string of the molecule is CCOC(=O)Cc1ccnc2ccsc12. The number of nitrogens with zero attached hydrogens (tertiary/aromatic N) is 1. The van der Waals surface area contributed by atoms with Crippen LogP contribution in [0.4, 0.5) is 0 Å². The zero-order chi connectivity index (χ0) is 10.7. The molecule has 0 bridgehead atoms. The molecule has 0 aliphatic carbocycles. The fourth-order valence-corrected chi connectivity index (χ4v) is 2.30. The maximum absolute atomic E-state index is 11.3. The average molecular weight is 221 g/mol. The third-order valence-electron chi connectivity index (χ3n) is 2.07. The van der Waals surface area contributed by atoms with Gasteiger partial charge in [-0.2, -0.15) is 0 Å². The minimum Gasteiger partial charge on any atom is -0.466 e. The van der Waals surface area contributed by atoms with Crippen LogP contribution in [-0.4, -0.2) is 17.6 Å². The molecule has 78 valence electrons. The van der Waals surface area contributed by atoms with Crippen molar-refractivity contribution in [3.8, 4) is 0 Å². The van der Waals surface area contributed by atoms with E-state index < -0.39 is 0 Å². The molecule has 2 aromatic heterocycles. The highest BCUT2D eigenvalue weighted by Crippen LogP contribution is 2.23. The molecular formula is C11H11NO2S. The van der Waals surface area contributed by atoms with Crippen molar-refractivity contribution in [3.05, 3.63) is 29.3 Å². The average Bonchev–Trinajstić information content (AvgIpc) is 2.67. The first-order valence-electron chi connectivity index (χ1n) is 4.78. The maximum atomic E-state index is 11.3. The number of rotatable bonds is 3. The standard InChI is InChI=1S/C11H11NO2S/c1-2-14-10(13)7-8-3-5-12-9-4-6-15-11(8)9/h3-6H,2,7H2,1H3. The van der Waals surface area contributed by atoms with Crippen molar-refractivity contribution in [2.75, 3.05) is 6.61 Å². The number of esters is 1. The second-order valence-corrected chi connectivity index (χ2v) is 4.00. The van der Waals surface area contributed by atoms with Gasteiger partial charge in [0.05, 0.1) is 23.2 Å². The molecule has 4 heteroatoms. The van der Waals surface area contributed by atoms with E-state index in [-0.39, 0.29) is 5.97 Å². The van der Waals surface area contributed by atoms with E-state index in [1.54, 1.807) is 17.5 Å². The first-order chi connectivity index (χ1) is 7.31. The fourth-order valence-electron chi connectivity index (χ4n) is 1.43. The lowest BCUT2D eigenvalue weighted by Crippen LogP contribution is -2.07. The topological polar surface area (TPSA) is 39.2 Å². The number of ether oxygens (including phenoxy) is 1. The van der Waals surface area contributed by atoms with Crippen LogP contribution in [0.2, 0.25) is 0 Å². The maximum Gasteiger partial charge on any atom is 0.310 e. The van der Waals surface area contributed by atoms with E-state index in [4.69, 9.17) is 4.74 Å².